The molecule has 0 aliphatic heterocycles. The third-order valence-corrected chi connectivity index (χ3v) is 1.37. The molecule has 0 aromatic rings. The first-order valence-corrected chi connectivity index (χ1v) is 3.19. The molecule has 0 bridgehead atoms. The van der Waals surface area contributed by atoms with Crippen molar-refractivity contribution < 1.29 is 5.11 Å². The lowest BCUT2D eigenvalue weighted by atomic mass is 10.0. The first-order chi connectivity index (χ1) is 3.68. The summed E-state index contributed by atoms with van der Waals surface area (Å²) < 4.78 is 0. The van der Waals surface area contributed by atoms with Crippen molar-refractivity contribution in [1.29, 1.82) is 0 Å². The van der Waals surface area contributed by atoms with E-state index in [1.54, 1.807) is 0 Å². The Morgan fingerprint density at radius 1 is 1.50 bits per heavy atom. The smallest absolute Gasteiger partial charge is 0.0540 e. The van der Waals surface area contributed by atoms with Gasteiger partial charge < -0.3 is 5.11 Å². The van der Waals surface area contributed by atoms with Crippen LogP contribution in [0.2, 0.25) is 0 Å². The monoisotopic (exact) mass is 115 g/mol. The van der Waals surface area contributed by atoms with E-state index in [9.17, 15) is 0 Å². The van der Waals surface area contributed by atoms with E-state index in [1.807, 2.05) is 13.8 Å². The lowest BCUT2D eigenvalue weighted by Crippen LogP contribution is -2.12. The maximum atomic E-state index is 8.92. The van der Waals surface area contributed by atoms with Crippen LogP contribution in [0.25, 0.3) is 0 Å². The van der Waals surface area contributed by atoms with Crippen molar-refractivity contribution in [2.75, 3.05) is 0 Å². The van der Waals surface area contributed by atoms with Crippen molar-refractivity contribution in [1.82, 2.24) is 0 Å². The minimum atomic E-state index is -0.185. The van der Waals surface area contributed by atoms with Gasteiger partial charge >= 0.3 is 0 Å². The Labute approximate surface area is 51.7 Å². The molecule has 0 saturated heterocycles. The molecule has 0 heterocycles. The van der Waals surface area contributed by atoms with E-state index in [1.165, 1.54) is 0 Å². The number of hydrogen-bond acceptors (Lipinski definition) is 1. The van der Waals surface area contributed by atoms with Gasteiger partial charge in [-0.05, 0) is 19.3 Å². The summed E-state index contributed by atoms with van der Waals surface area (Å²) in [5, 5.41) is 8.92. The second kappa shape index (κ2) is 3.90. The van der Waals surface area contributed by atoms with Crippen LogP contribution < -0.4 is 0 Å². The fraction of sp³-hybridized carbons (Fsp3) is 0.857. The highest BCUT2D eigenvalue weighted by Gasteiger charge is 2.05. The fourth-order valence-corrected chi connectivity index (χ4v) is 0.569. The normalized spacial score (nSPS) is 18.0. The summed E-state index contributed by atoms with van der Waals surface area (Å²) in [6.45, 7) is 5.92. The van der Waals surface area contributed by atoms with Gasteiger partial charge in [0.1, 0.15) is 0 Å². The molecule has 0 fully saturated rings. The number of aliphatic hydroxyl groups excluding tert-OH is 1. The van der Waals surface area contributed by atoms with E-state index < -0.39 is 0 Å². The summed E-state index contributed by atoms with van der Waals surface area (Å²) in [6, 6.07) is 0. The number of rotatable bonds is 3. The maximum absolute atomic E-state index is 8.92. The first kappa shape index (κ1) is 7.96. The van der Waals surface area contributed by atoms with Crippen LogP contribution in [0.3, 0.4) is 0 Å². The Hall–Kier alpha value is -0.0400. The highest BCUT2D eigenvalue weighted by molar-refractivity contribution is 4.74. The third kappa shape index (κ3) is 3.03. The molecule has 0 amide bonds. The predicted molar refractivity (Wildman–Crippen MR) is 35.4 cm³/mol. The van der Waals surface area contributed by atoms with Crippen molar-refractivity contribution >= 4 is 0 Å². The van der Waals surface area contributed by atoms with Crippen molar-refractivity contribution in [3.63, 3.8) is 0 Å². The molecule has 0 spiro atoms. The zero-order valence-electron chi connectivity index (χ0n) is 5.89. The van der Waals surface area contributed by atoms with E-state index >= 15 is 0 Å². The molecular weight excluding hydrogens is 100 g/mol. The molecule has 49 valence electrons. The molecule has 1 nitrogen and oxygen atoms in total. The molecule has 0 saturated carbocycles. The Morgan fingerprint density at radius 2 is 2.00 bits per heavy atom. The van der Waals surface area contributed by atoms with Gasteiger partial charge in [-0.1, -0.05) is 20.3 Å². The van der Waals surface area contributed by atoms with Crippen LogP contribution in [-0.4, -0.2) is 11.2 Å². The number of hydrogen-bond donors (Lipinski definition) is 1. The van der Waals surface area contributed by atoms with Crippen LogP contribution >= 0.6 is 0 Å². The minimum absolute atomic E-state index is 0.185. The standard InChI is InChI=1S/C7H15O/c1-4-5-6(2)7(3)8/h5-8H,4H2,1-3H3. The lowest BCUT2D eigenvalue weighted by Gasteiger charge is -2.11. The Balaban J connectivity index is 3.17. The Morgan fingerprint density at radius 3 is 2.12 bits per heavy atom. The van der Waals surface area contributed by atoms with Crippen LogP contribution in [0.15, 0.2) is 0 Å². The van der Waals surface area contributed by atoms with Gasteiger partial charge in [0, 0.05) is 0 Å². The molecule has 2 atom stereocenters. The summed E-state index contributed by atoms with van der Waals surface area (Å²) in [5.74, 6) is 0.347. The van der Waals surface area contributed by atoms with Gasteiger partial charge in [-0.2, -0.15) is 0 Å². The Bertz CT molecular complexity index is 50.3. The highest BCUT2D eigenvalue weighted by atomic mass is 16.3. The lowest BCUT2D eigenvalue weighted by molar-refractivity contribution is 0.149. The third-order valence-electron chi connectivity index (χ3n) is 1.37. The van der Waals surface area contributed by atoms with Gasteiger partial charge in [-0.3, -0.25) is 0 Å². The largest absolute Gasteiger partial charge is 0.393 e. The molecule has 0 aromatic carbocycles. The average Bonchev–Trinajstić information content (AvgIpc) is 1.67. The SMILES string of the molecule is CC[CH]C(C)C(C)O. The molecule has 1 radical (unpaired) electrons. The summed E-state index contributed by atoms with van der Waals surface area (Å²) in [4.78, 5) is 0. The van der Waals surface area contributed by atoms with Gasteiger partial charge in [0.15, 0.2) is 0 Å². The second-order valence-corrected chi connectivity index (χ2v) is 2.24. The first-order valence-electron chi connectivity index (χ1n) is 3.19. The van der Waals surface area contributed by atoms with Crippen LogP contribution in [0.1, 0.15) is 27.2 Å². The average molecular weight is 115 g/mol. The Kier molecular flexibility index (Phi) is 3.88. The van der Waals surface area contributed by atoms with Crippen LogP contribution in [0.5, 0.6) is 0 Å². The zero-order valence-corrected chi connectivity index (χ0v) is 5.89. The molecule has 1 N–H and O–H groups in total. The van der Waals surface area contributed by atoms with Crippen molar-refractivity contribution in [3.05, 3.63) is 6.42 Å². The van der Waals surface area contributed by atoms with Crippen molar-refractivity contribution in [2.24, 2.45) is 5.92 Å². The van der Waals surface area contributed by atoms with Gasteiger partial charge in [0.05, 0.1) is 6.10 Å². The zero-order chi connectivity index (χ0) is 6.57. The van der Waals surface area contributed by atoms with Gasteiger partial charge in [0.2, 0.25) is 0 Å². The van der Waals surface area contributed by atoms with Gasteiger partial charge in [-0.25, -0.2) is 0 Å². The number of aliphatic hydroxyl groups is 1. The van der Waals surface area contributed by atoms with E-state index in [2.05, 4.69) is 13.3 Å². The predicted octanol–water partition coefficient (Wildman–Crippen LogP) is 1.62. The molecule has 0 rings (SSSR count). The molecular formula is C7H15O. The van der Waals surface area contributed by atoms with Gasteiger partial charge in [-0.15, -0.1) is 0 Å². The maximum Gasteiger partial charge on any atom is 0.0540 e. The topological polar surface area (TPSA) is 20.2 Å². The molecule has 0 aliphatic rings. The van der Waals surface area contributed by atoms with E-state index in [-0.39, 0.29) is 6.10 Å². The summed E-state index contributed by atoms with van der Waals surface area (Å²) in [5.41, 5.74) is 0. The van der Waals surface area contributed by atoms with E-state index in [4.69, 9.17) is 5.11 Å². The van der Waals surface area contributed by atoms with Crippen LogP contribution in [0, 0.1) is 12.3 Å². The van der Waals surface area contributed by atoms with Crippen LogP contribution in [0.4, 0.5) is 0 Å². The summed E-state index contributed by atoms with van der Waals surface area (Å²) >= 11 is 0. The summed E-state index contributed by atoms with van der Waals surface area (Å²) in [6.07, 6.45) is 2.98. The summed E-state index contributed by atoms with van der Waals surface area (Å²) in [7, 11) is 0. The van der Waals surface area contributed by atoms with Crippen molar-refractivity contribution in [3.8, 4) is 0 Å². The molecule has 1 heteroatoms. The molecule has 0 aliphatic carbocycles. The van der Waals surface area contributed by atoms with Gasteiger partial charge in [0.25, 0.3) is 0 Å². The van der Waals surface area contributed by atoms with Crippen molar-refractivity contribution in [2.45, 2.75) is 33.3 Å². The molecule has 2 unspecified atom stereocenters. The second-order valence-electron chi connectivity index (χ2n) is 2.24. The highest BCUT2D eigenvalue weighted by Crippen LogP contribution is 2.07. The van der Waals surface area contributed by atoms with E-state index in [0.717, 1.165) is 6.42 Å². The molecule has 8 heavy (non-hydrogen) atoms. The molecule has 0 aromatic heterocycles. The minimum Gasteiger partial charge on any atom is -0.393 e. The fourth-order valence-electron chi connectivity index (χ4n) is 0.569. The quantitative estimate of drug-likeness (QED) is 0.592. The van der Waals surface area contributed by atoms with E-state index in [0.29, 0.717) is 5.92 Å². The van der Waals surface area contributed by atoms with Crippen LogP contribution in [-0.2, 0) is 0 Å².